The number of carbonyl (C=O) groups excluding carboxylic acids is 1. The SMILES string of the molecule is CC(C)(C)OC(=O)CCOCCOCCS. The molecule has 0 spiro atoms. The molecule has 0 amide bonds. The molecular formula is C11H22O4S. The molecule has 0 saturated carbocycles. The summed E-state index contributed by atoms with van der Waals surface area (Å²) in [5, 5.41) is 0. The van der Waals surface area contributed by atoms with Crippen LogP contribution >= 0.6 is 12.6 Å². The second-order valence-corrected chi connectivity index (χ2v) is 4.73. The molecule has 4 nitrogen and oxygen atoms in total. The van der Waals surface area contributed by atoms with Crippen molar-refractivity contribution in [1.29, 1.82) is 0 Å². The van der Waals surface area contributed by atoms with E-state index in [1.54, 1.807) is 0 Å². The number of thiol groups is 1. The van der Waals surface area contributed by atoms with E-state index in [0.29, 0.717) is 32.2 Å². The molecule has 0 aromatic carbocycles. The molecule has 0 heterocycles. The van der Waals surface area contributed by atoms with E-state index >= 15 is 0 Å². The summed E-state index contributed by atoms with van der Waals surface area (Å²) in [4.78, 5) is 11.3. The van der Waals surface area contributed by atoms with Crippen LogP contribution in [0.3, 0.4) is 0 Å². The van der Waals surface area contributed by atoms with Crippen molar-refractivity contribution in [2.45, 2.75) is 32.8 Å². The Morgan fingerprint density at radius 1 is 1.06 bits per heavy atom. The first-order valence-electron chi connectivity index (χ1n) is 5.44. The molecule has 0 aromatic rings. The van der Waals surface area contributed by atoms with E-state index in [1.165, 1.54) is 0 Å². The van der Waals surface area contributed by atoms with Gasteiger partial charge in [0, 0.05) is 5.75 Å². The highest BCUT2D eigenvalue weighted by Crippen LogP contribution is 2.07. The van der Waals surface area contributed by atoms with Crippen LogP contribution in [-0.4, -0.2) is 43.8 Å². The molecule has 96 valence electrons. The van der Waals surface area contributed by atoms with Gasteiger partial charge in [-0.3, -0.25) is 4.79 Å². The maximum Gasteiger partial charge on any atom is 0.308 e. The molecule has 0 rings (SSSR count). The third kappa shape index (κ3) is 11.8. The lowest BCUT2D eigenvalue weighted by molar-refractivity contribution is -0.156. The Morgan fingerprint density at radius 2 is 1.62 bits per heavy atom. The van der Waals surface area contributed by atoms with Gasteiger partial charge in [0.15, 0.2) is 0 Å². The van der Waals surface area contributed by atoms with Gasteiger partial charge in [-0.1, -0.05) is 0 Å². The fourth-order valence-electron chi connectivity index (χ4n) is 0.935. The molecule has 0 aliphatic heterocycles. The third-order valence-electron chi connectivity index (χ3n) is 1.48. The standard InChI is InChI=1S/C11H22O4S/c1-11(2,3)15-10(12)4-5-13-6-7-14-8-9-16/h16H,4-9H2,1-3H3. The average Bonchev–Trinajstić information content (AvgIpc) is 2.13. The largest absolute Gasteiger partial charge is 0.460 e. The van der Waals surface area contributed by atoms with Gasteiger partial charge in [0.2, 0.25) is 0 Å². The van der Waals surface area contributed by atoms with Crippen molar-refractivity contribution in [2.75, 3.05) is 32.2 Å². The van der Waals surface area contributed by atoms with Gasteiger partial charge in [-0.2, -0.15) is 12.6 Å². The van der Waals surface area contributed by atoms with E-state index in [0.717, 1.165) is 0 Å². The third-order valence-corrected chi connectivity index (χ3v) is 1.66. The predicted octanol–water partition coefficient (Wildman–Crippen LogP) is 1.68. The van der Waals surface area contributed by atoms with Gasteiger partial charge in [0.1, 0.15) is 5.60 Å². The molecule has 5 heteroatoms. The molecule has 0 aliphatic rings. The highest BCUT2D eigenvalue weighted by atomic mass is 32.1. The van der Waals surface area contributed by atoms with E-state index in [2.05, 4.69) is 12.6 Å². The minimum Gasteiger partial charge on any atom is -0.460 e. The van der Waals surface area contributed by atoms with Gasteiger partial charge < -0.3 is 14.2 Å². The zero-order chi connectivity index (χ0) is 12.4. The average molecular weight is 250 g/mol. The molecule has 0 bridgehead atoms. The lowest BCUT2D eigenvalue weighted by Crippen LogP contribution is -2.24. The lowest BCUT2D eigenvalue weighted by Gasteiger charge is -2.19. The Morgan fingerprint density at radius 3 is 2.12 bits per heavy atom. The first kappa shape index (κ1) is 15.7. The highest BCUT2D eigenvalue weighted by Gasteiger charge is 2.15. The summed E-state index contributed by atoms with van der Waals surface area (Å²) in [5.74, 6) is 0.474. The first-order valence-corrected chi connectivity index (χ1v) is 6.07. The van der Waals surface area contributed by atoms with Crippen LogP contribution in [-0.2, 0) is 19.0 Å². The molecule has 0 N–H and O–H groups in total. The van der Waals surface area contributed by atoms with Crippen LogP contribution in [0.4, 0.5) is 0 Å². The van der Waals surface area contributed by atoms with Crippen LogP contribution < -0.4 is 0 Å². The van der Waals surface area contributed by atoms with Gasteiger partial charge >= 0.3 is 5.97 Å². The Hall–Kier alpha value is -0.260. The number of ether oxygens (including phenoxy) is 3. The summed E-state index contributed by atoms with van der Waals surface area (Å²) in [6, 6.07) is 0. The van der Waals surface area contributed by atoms with Crippen LogP contribution in [0.1, 0.15) is 27.2 Å². The number of hydrogen-bond donors (Lipinski definition) is 1. The van der Waals surface area contributed by atoms with E-state index in [1.807, 2.05) is 20.8 Å². The van der Waals surface area contributed by atoms with Crippen LogP contribution in [0.5, 0.6) is 0 Å². The molecule has 16 heavy (non-hydrogen) atoms. The highest BCUT2D eigenvalue weighted by molar-refractivity contribution is 7.80. The minimum atomic E-state index is -0.424. The summed E-state index contributed by atoms with van der Waals surface area (Å²) in [7, 11) is 0. The molecular weight excluding hydrogens is 228 g/mol. The molecule has 0 saturated heterocycles. The monoisotopic (exact) mass is 250 g/mol. The fraction of sp³-hybridized carbons (Fsp3) is 0.909. The van der Waals surface area contributed by atoms with E-state index < -0.39 is 5.60 Å². The van der Waals surface area contributed by atoms with Crippen molar-refractivity contribution in [1.82, 2.24) is 0 Å². The summed E-state index contributed by atoms with van der Waals surface area (Å²) >= 11 is 4.00. The van der Waals surface area contributed by atoms with Gasteiger partial charge in [-0.05, 0) is 20.8 Å². The summed E-state index contributed by atoms with van der Waals surface area (Å²) in [5.41, 5.74) is -0.424. The van der Waals surface area contributed by atoms with Gasteiger partial charge in [-0.15, -0.1) is 0 Å². The lowest BCUT2D eigenvalue weighted by atomic mass is 10.2. The number of rotatable bonds is 8. The minimum absolute atomic E-state index is 0.233. The quantitative estimate of drug-likeness (QED) is 0.404. The maximum absolute atomic E-state index is 11.3. The van der Waals surface area contributed by atoms with Crippen LogP contribution in [0.25, 0.3) is 0 Å². The second kappa shape index (κ2) is 8.84. The van der Waals surface area contributed by atoms with Crippen molar-refractivity contribution in [3.8, 4) is 0 Å². The van der Waals surface area contributed by atoms with Crippen molar-refractivity contribution in [3.63, 3.8) is 0 Å². The van der Waals surface area contributed by atoms with Gasteiger partial charge in [0.25, 0.3) is 0 Å². The zero-order valence-electron chi connectivity index (χ0n) is 10.3. The normalized spacial score (nSPS) is 11.5. The van der Waals surface area contributed by atoms with E-state index in [4.69, 9.17) is 14.2 Å². The molecule has 0 atom stereocenters. The Balaban J connectivity index is 3.28. The van der Waals surface area contributed by atoms with Crippen molar-refractivity contribution >= 4 is 18.6 Å². The van der Waals surface area contributed by atoms with Crippen molar-refractivity contribution in [3.05, 3.63) is 0 Å². The summed E-state index contributed by atoms with van der Waals surface area (Å²) < 4.78 is 15.5. The van der Waals surface area contributed by atoms with Crippen molar-refractivity contribution < 1.29 is 19.0 Å². The maximum atomic E-state index is 11.3. The number of carbonyl (C=O) groups is 1. The van der Waals surface area contributed by atoms with Gasteiger partial charge in [0.05, 0.1) is 32.8 Å². The number of esters is 1. The van der Waals surface area contributed by atoms with E-state index in [9.17, 15) is 4.79 Å². The van der Waals surface area contributed by atoms with Gasteiger partial charge in [-0.25, -0.2) is 0 Å². The fourth-order valence-corrected chi connectivity index (χ4v) is 1.06. The molecule has 0 fully saturated rings. The molecule has 0 aromatic heterocycles. The predicted molar refractivity (Wildman–Crippen MR) is 66.0 cm³/mol. The van der Waals surface area contributed by atoms with Crippen molar-refractivity contribution in [2.24, 2.45) is 0 Å². The van der Waals surface area contributed by atoms with Crippen LogP contribution in [0.15, 0.2) is 0 Å². The summed E-state index contributed by atoms with van der Waals surface area (Å²) in [6.45, 7) is 7.56. The topological polar surface area (TPSA) is 44.8 Å². The zero-order valence-corrected chi connectivity index (χ0v) is 11.2. The molecule has 0 unspecified atom stereocenters. The Labute approximate surface area is 103 Å². The smallest absolute Gasteiger partial charge is 0.308 e. The van der Waals surface area contributed by atoms with Crippen LogP contribution in [0, 0.1) is 0 Å². The number of hydrogen-bond acceptors (Lipinski definition) is 5. The van der Waals surface area contributed by atoms with E-state index in [-0.39, 0.29) is 12.4 Å². The molecule has 0 aliphatic carbocycles. The first-order chi connectivity index (χ1) is 7.45. The second-order valence-electron chi connectivity index (χ2n) is 4.28. The Bertz CT molecular complexity index is 189. The Kier molecular flexibility index (Phi) is 8.70. The summed E-state index contributed by atoms with van der Waals surface area (Å²) in [6.07, 6.45) is 0.282. The molecule has 0 radical (unpaired) electrons. The van der Waals surface area contributed by atoms with Crippen LogP contribution in [0.2, 0.25) is 0 Å².